The van der Waals surface area contributed by atoms with Crippen LogP contribution in [0.15, 0.2) is 17.5 Å². The van der Waals surface area contributed by atoms with Crippen LogP contribution in [0.3, 0.4) is 0 Å². The summed E-state index contributed by atoms with van der Waals surface area (Å²) in [4.78, 5) is 4.39. The number of alkyl halides is 1. The number of ether oxygens (including phenoxy) is 1. The third-order valence-electron chi connectivity index (χ3n) is 2.68. The largest absolute Gasteiger partial charge is 0.486 e. The van der Waals surface area contributed by atoms with Crippen LogP contribution in [-0.2, 0) is 12.5 Å². The summed E-state index contributed by atoms with van der Waals surface area (Å²) in [6, 6.07) is 4.14. The second-order valence-electron chi connectivity index (χ2n) is 4.36. The molecular weight excluding hydrogens is 266 g/mol. The Bertz CT molecular complexity index is 527. The Balaban J connectivity index is 2.14. The molecule has 1 aromatic heterocycles. The van der Waals surface area contributed by atoms with Crippen molar-refractivity contribution >= 4 is 22.9 Å². The molecule has 1 aromatic carbocycles. The molecule has 18 heavy (non-hydrogen) atoms. The van der Waals surface area contributed by atoms with Crippen molar-refractivity contribution in [3.63, 3.8) is 0 Å². The summed E-state index contributed by atoms with van der Waals surface area (Å²) < 4.78 is 5.87. The number of hydrogen-bond acceptors (Lipinski definition) is 3. The van der Waals surface area contributed by atoms with Gasteiger partial charge < -0.3 is 4.74 Å². The van der Waals surface area contributed by atoms with Gasteiger partial charge in [0.1, 0.15) is 17.4 Å². The van der Waals surface area contributed by atoms with Crippen molar-refractivity contribution in [2.24, 2.45) is 0 Å². The monoisotopic (exact) mass is 281 g/mol. The predicted octanol–water partition coefficient (Wildman–Crippen LogP) is 4.39. The fraction of sp³-hybridized carbons (Fsp3) is 0.357. The zero-order valence-corrected chi connectivity index (χ0v) is 12.4. The van der Waals surface area contributed by atoms with Gasteiger partial charge in [-0.3, -0.25) is 0 Å². The highest BCUT2D eigenvalue weighted by Crippen LogP contribution is 2.26. The van der Waals surface area contributed by atoms with Crippen molar-refractivity contribution in [2.45, 2.75) is 33.3 Å². The molecule has 0 amide bonds. The molecule has 4 heteroatoms. The lowest BCUT2D eigenvalue weighted by atomic mass is 10.1. The summed E-state index contributed by atoms with van der Waals surface area (Å²) in [5.41, 5.74) is 4.42. The highest BCUT2D eigenvalue weighted by atomic mass is 35.5. The van der Waals surface area contributed by atoms with Crippen molar-refractivity contribution in [3.05, 3.63) is 44.9 Å². The Morgan fingerprint density at radius 2 is 1.89 bits per heavy atom. The molecule has 0 bridgehead atoms. The molecule has 0 atom stereocenters. The molecule has 2 aromatic rings. The maximum Gasteiger partial charge on any atom is 0.140 e. The van der Waals surface area contributed by atoms with Crippen LogP contribution in [-0.4, -0.2) is 4.98 Å². The molecular formula is C14H16ClNOS. The molecule has 2 nitrogen and oxygen atoms in total. The second-order valence-corrected chi connectivity index (χ2v) is 5.57. The quantitative estimate of drug-likeness (QED) is 0.776. The molecule has 0 aliphatic rings. The van der Waals surface area contributed by atoms with Gasteiger partial charge in [0.15, 0.2) is 0 Å². The molecule has 0 saturated carbocycles. The van der Waals surface area contributed by atoms with E-state index in [1.807, 2.05) is 26.2 Å². The van der Waals surface area contributed by atoms with E-state index in [2.05, 4.69) is 17.1 Å². The van der Waals surface area contributed by atoms with Gasteiger partial charge in [0.25, 0.3) is 0 Å². The molecule has 0 spiro atoms. The van der Waals surface area contributed by atoms with Crippen LogP contribution in [0.2, 0.25) is 0 Å². The first-order valence-corrected chi connectivity index (χ1v) is 7.21. The van der Waals surface area contributed by atoms with Gasteiger partial charge >= 0.3 is 0 Å². The van der Waals surface area contributed by atoms with Crippen molar-refractivity contribution in [2.75, 3.05) is 0 Å². The molecule has 0 fully saturated rings. The predicted molar refractivity (Wildman–Crippen MR) is 76.7 cm³/mol. The third kappa shape index (κ3) is 3.03. The number of rotatable bonds is 4. The lowest BCUT2D eigenvalue weighted by Crippen LogP contribution is -1.99. The summed E-state index contributed by atoms with van der Waals surface area (Å²) in [7, 11) is 0. The minimum absolute atomic E-state index is 0.528. The Morgan fingerprint density at radius 1 is 1.22 bits per heavy atom. The zero-order chi connectivity index (χ0) is 13.1. The number of thiazole rings is 1. The maximum atomic E-state index is 5.87. The molecule has 0 aliphatic carbocycles. The van der Waals surface area contributed by atoms with E-state index in [0.29, 0.717) is 12.5 Å². The van der Waals surface area contributed by atoms with E-state index < -0.39 is 0 Å². The van der Waals surface area contributed by atoms with Crippen molar-refractivity contribution in [1.82, 2.24) is 4.98 Å². The van der Waals surface area contributed by atoms with E-state index in [1.54, 1.807) is 11.3 Å². The Morgan fingerprint density at radius 3 is 2.39 bits per heavy atom. The van der Waals surface area contributed by atoms with E-state index in [4.69, 9.17) is 16.3 Å². The highest BCUT2D eigenvalue weighted by molar-refractivity contribution is 7.09. The minimum atomic E-state index is 0.528. The average Bonchev–Trinajstić information content (AvgIpc) is 2.73. The number of halogens is 1. The number of nitrogens with zero attached hydrogens (tertiary/aromatic N) is 1. The van der Waals surface area contributed by atoms with Gasteiger partial charge in [-0.1, -0.05) is 12.1 Å². The Kier molecular flexibility index (Phi) is 4.25. The molecule has 1 heterocycles. The fourth-order valence-electron chi connectivity index (χ4n) is 1.95. The highest BCUT2D eigenvalue weighted by Gasteiger charge is 2.07. The van der Waals surface area contributed by atoms with E-state index >= 15 is 0 Å². The van der Waals surface area contributed by atoms with Gasteiger partial charge in [-0.25, -0.2) is 4.98 Å². The first-order valence-electron chi connectivity index (χ1n) is 5.80. The van der Waals surface area contributed by atoms with Crippen LogP contribution in [0.1, 0.15) is 27.4 Å². The van der Waals surface area contributed by atoms with Crippen molar-refractivity contribution in [1.29, 1.82) is 0 Å². The maximum absolute atomic E-state index is 5.87. The molecule has 0 unspecified atom stereocenters. The van der Waals surface area contributed by atoms with Gasteiger partial charge in [-0.2, -0.15) is 0 Å². The lowest BCUT2D eigenvalue weighted by Gasteiger charge is -2.12. The summed E-state index contributed by atoms with van der Waals surface area (Å²) in [5, 5.41) is 3.04. The van der Waals surface area contributed by atoms with Gasteiger partial charge in [-0.05, 0) is 37.5 Å². The average molecular weight is 282 g/mol. The van der Waals surface area contributed by atoms with Gasteiger partial charge in [0.2, 0.25) is 0 Å². The summed E-state index contributed by atoms with van der Waals surface area (Å²) in [5.74, 6) is 1.48. The van der Waals surface area contributed by atoms with Gasteiger partial charge in [0.05, 0.1) is 0 Å². The minimum Gasteiger partial charge on any atom is -0.486 e. The Labute approximate surface area is 117 Å². The normalized spacial score (nSPS) is 10.7. The Hall–Kier alpha value is -1.06. The van der Waals surface area contributed by atoms with Gasteiger partial charge in [-0.15, -0.1) is 22.9 Å². The van der Waals surface area contributed by atoms with E-state index in [1.165, 1.54) is 0 Å². The van der Waals surface area contributed by atoms with Crippen LogP contribution in [0, 0.1) is 20.8 Å². The zero-order valence-electron chi connectivity index (χ0n) is 10.8. The van der Waals surface area contributed by atoms with Crippen molar-refractivity contribution < 1.29 is 4.74 Å². The fourth-order valence-corrected chi connectivity index (χ4v) is 2.78. The number of aryl methyl sites for hydroxylation is 3. The van der Waals surface area contributed by atoms with Gasteiger partial charge in [0, 0.05) is 17.0 Å². The SMILES string of the molecule is Cc1csc(COc2c(C)cc(CCl)cc2C)n1. The van der Waals surface area contributed by atoms with Crippen LogP contribution in [0.4, 0.5) is 0 Å². The van der Waals surface area contributed by atoms with E-state index in [0.717, 1.165) is 33.1 Å². The van der Waals surface area contributed by atoms with E-state index in [9.17, 15) is 0 Å². The summed E-state index contributed by atoms with van der Waals surface area (Å²) in [6.07, 6.45) is 0. The molecule has 2 rings (SSSR count). The first kappa shape index (κ1) is 13.4. The first-order chi connectivity index (χ1) is 8.60. The van der Waals surface area contributed by atoms with Crippen molar-refractivity contribution in [3.8, 4) is 5.75 Å². The molecule has 0 saturated heterocycles. The third-order valence-corrected chi connectivity index (χ3v) is 3.93. The number of hydrogen-bond donors (Lipinski definition) is 0. The standard InChI is InChI=1S/C14H16ClNOS/c1-9-4-12(6-15)5-10(2)14(9)17-7-13-16-11(3)8-18-13/h4-5,8H,6-7H2,1-3H3. The second kappa shape index (κ2) is 5.72. The van der Waals surface area contributed by atoms with Crippen LogP contribution < -0.4 is 4.74 Å². The van der Waals surface area contributed by atoms with Crippen LogP contribution in [0.5, 0.6) is 5.75 Å². The molecule has 0 aliphatic heterocycles. The molecule has 0 N–H and O–H groups in total. The molecule has 96 valence electrons. The molecule has 0 radical (unpaired) electrons. The number of aromatic nitrogens is 1. The summed E-state index contributed by atoms with van der Waals surface area (Å²) in [6.45, 7) is 6.61. The lowest BCUT2D eigenvalue weighted by molar-refractivity contribution is 0.301. The van der Waals surface area contributed by atoms with Crippen LogP contribution in [0.25, 0.3) is 0 Å². The number of benzene rings is 1. The van der Waals surface area contributed by atoms with Crippen LogP contribution >= 0.6 is 22.9 Å². The smallest absolute Gasteiger partial charge is 0.140 e. The topological polar surface area (TPSA) is 22.1 Å². The van der Waals surface area contributed by atoms with E-state index in [-0.39, 0.29) is 0 Å². The summed E-state index contributed by atoms with van der Waals surface area (Å²) >= 11 is 7.48.